The van der Waals surface area contributed by atoms with Gasteiger partial charge in [0.1, 0.15) is 0 Å². The molecule has 2 aromatic carbocycles. The quantitative estimate of drug-likeness (QED) is 0.919. The topological polar surface area (TPSA) is 35.6 Å². The van der Waals surface area contributed by atoms with E-state index in [2.05, 4.69) is 57.6 Å². The third kappa shape index (κ3) is 4.32. The number of carbonyl (C=O) groups is 1. The monoisotopic (exact) mass is 337 g/mol. The standard InChI is InChI=1S/C21H27N3O/c1-21(2,3)20(25)22-17-9-11-19(12-10-17)24-15-13-23(14-16-24)18-7-5-4-6-8-18/h4-12H,13-16H2,1-3H3,(H,22,25). The van der Waals surface area contributed by atoms with Crippen molar-refractivity contribution in [3.63, 3.8) is 0 Å². The number of nitrogens with zero attached hydrogens (tertiary/aromatic N) is 2. The molecule has 0 spiro atoms. The first kappa shape index (κ1) is 17.3. The smallest absolute Gasteiger partial charge is 0.229 e. The molecule has 0 bridgehead atoms. The Labute approximate surface area is 150 Å². The molecule has 3 rings (SSSR count). The van der Waals surface area contributed by atoms with Gasteiger partial charge in [0.2, 0.25) is 5.91 Å². The van der Waals surface area contributed by atoms with Gasteiger partial charge in [0, 0.05) is 48.7 Å². The SMILES string of the molecule is CC(C)(C)C(=O)Nc1ccc(N2CCN(c3ccccc3)CC2)cc1. The fourth-order valence-electron chi connectivity index (χ4n) is 2.94. The van der Waals surface area contributed by atoms with E-state index in [9.17, 15) is 4.79 Å². The lowest BCUT2D eigenvalue weighted by Gasteiger charge is -2.37. The van der Waals surface area contributed by atoms with Crippen LogP contribution in [0.2, 0.25) is 0 Å². The number of hydrogen-bond donors (Lipinski definition) is 1. The van der Waals surface area contributed by atoms with Gasteiger partial charge in [-0.25, -0.2) is 0 Å². The summed E-state index contributed by atoms with van der Waals surface area (Å²) < 4.78 is 0. The first-order chi connectivity index (χ1) is 11.9. The van der Waals surface area contributed by atoms with Crippen LogP contribution in [0.15, 0.2) is 54.6 Å². The average molecular weight is 337 g/mol. The Balaban J connectivity index is 1.58. The Bertz CT molecular complexity index is 696. The number of piperazine rings is 1. The molecule has 4 heteroatoms. The minimum absolute atomic E-state index is 0.0386. The van der Waals surface area contributed by atoms with Gasteiger partial charge in [-0.2, -0.15) is 0 Å². The molecule has 1 heterocycles. The van der Waals surface area contributed by atoms with Gasteiger partial charge >= 0.3 is 0 Å². The van der Waals surface area contributed by atoms with Gasteiger partial charge in [-0.1, -0.05) is 39.0 Å². The number of benzene rings is 2. The zero-order valence-corrected chi connectivity index (χ0v) is 15.3. The van der Waals surface area contributed by atoms with Gasteiger partial charge in [-0.05, 0) is 36.4 Å². The molecule has 4 nitrogen and oxygen atoms in total. The van der Waals surface area contributed by atoms with Crippen molar-refractivity contribution in [1.82, 2.24) is 0 Å². The number of para-hydroxylation sites is 1. The second-order valence-corrected chi connectivity index (χ2v) is 7.56. The minimum Gasteiger partial charge on any atom is -0.368 e. The summed E-state index contributed by atoms with van der Waals surface area (Å²) in [7, 11) is 0. The third-order valence-electron chi connectivity index (χ3n) is 4.57. The van der Waals surface area contributed by atoms with Crippen LogP contribution < -0.4 is 15.1 Å². The van der Waals surface area contributed by atoms with Crippen LogP contribution in [0.3, 0.4) is 0 Å². The largest absolute Gasteiger partial charge is 0.368 e. The highest BCUT2D eigenvalue weighted by Crippen LogP contribution is 2.23. The lowest BCUT2D eigenvalue weighted by molar-refractivity contribution is -0.123. The van der Waals surface area contributed by atoms with Gasteiger partial charge < -0.3 is 15.1 Å². The molecule has 1 aliphatic heterocycles. The van der Waals surface area contributed by atoms with Crippen LogP contribution in [0.4, 0.5) is 17.1 Å². The summed E-state index contributed by atoms with van der Waals surface area (Å²) in [6.07, 6.45) is 0. The molecular weight excluding hydrogens is 310 g/mol. The number of nitrogens with one attached hydrogen (secondary N) is 1. The summed E-state index contributed by atoms with van der Waals surface area (Å²) >= 11 is 0. The predicted molar refractivity (Wildman–Crippen MR) is 105 cm³/mol. The lowest BCUT2D eigenvalue weighted by atomic mass is 9.95. The van der Waals surface area contributed by atoms with Gasteiger partial charge in [0.05, 0.1) is 0 Å². The Hall–Kier alpha value is -2.49. The van der Waals surface area contributed by atoms with Crippen molar-refractivity contribution in [3.05, 3.63) is 54.6 Å². The van der Waals surface area contributed by atoms with Crippen LogP contribution in [-0.4, -0.2) is 32.1 Å². The van der Waals surface area contributed by atoms with E-state index in [1.807, 2.05) is 32.9 Å². The maximum Gasteiger partial charge on any atom is 0.229 e. The van der Waals surface area contributed by atoms with Crippen molar-refractivity contribution in [1.29, 1.82) is 0 Å². The number of rotatable bonds is 3. The van der Waals surface area contributed by atoms with E-state index in [4.69, 9.17) is 0 Å². The second kappa shape index (κ2) is 7.18. The molecular formula is C21H27N3O. The molecule has 2 aromatic rings. The summed E-state index contributed by atoms with van der Waals surface area (Å²) in [5, 5.41) is 2.97. The fourth-order valence-corrected chi connectivity index (χ4v) is 2.94. The van der Waals surface area contributed by atoms with Crippen molar-refractivity contribution in [3.8, 4) is 0 Å². The van der Waals surface area contributed by atoms with Gasteiger partial charge in [0.25, 0.3) is 0 Å². The molecule has 0 aromatic heterocycles. The summed E-state index contributed by atoms with van der Waals surface area (Å²) in [6.45, 7) is 9.80. The predicted octanol–water partition coefficient (Wildman–Crippen LogP) is 4.00. The van der Waals surface area contributed by atoms with E-state index in [0.717, 1.165) is 31.9 Å². The summed E-state index contributed by atoms with van der Waals surface area (Å²) in [5.74, 6) is 0.0386. The van der Waals surface area contributed by atoms with Crippen LogP contribution >= 0.6 is 0 Å². The third-order valence-corrected chi connectivity index (χ3v) is 4.57. The zero-order chi connectivity index (χ0) is 17.9. The molecule has 1 N–H and O–H groups in total. The molecule has 0 saturated carbocycles. The van der Waals surface area contributed by atoms with E-state index in [1.54, 1.807) is 0 Å². The van der Waals surface area contributed by atoms with Gasteiger partial charge in [-0.3, -0.25) is 4.79 Å². The highest BCUT2D eigenvalue weighted by molar-refractivity contribution is 5.94. The molecule has 0 radical (unpaired) electrons. The van der Waals surface area contributed by atoms with Gasteiger partial charge in [0.15, 0.2) is 0 Å². The van der Waals surface area contributed by atoms with Crippen LogP contribution in [0, 0.1) is 5.41 Å². The number of anilines is 3. The lowest BCUT2D eigenvalue weighted by Crippen LogP contribution is -2.46. The normalized spacial score (nSPS) is 15.2. The van der Waals surface area contributed by atoms with Crippen LogP contribution in [-0.2, 0) is 4.79 Å². The molecule has 25 heavy (non-hydrogen) atoms. The molecule has 1 fully saturated rings. The van der Waals surface area contributed by atoms with Crippen LogP contribution in [0.5, 0.6) is 0 Å². The Morgan fingerprint density at radius 1 is 0.800 bits per heavy atom. The summed E-state index contributed by atoms with van der Waals surface area (Å²) in [4.78, 5) is 16.9. The average Bonchev–Trinajstić information content (AvgIpc) is 2.62. The van der Waals surface area contributed by atoms with Gasteiger partial charge in [-0.15, -0.1) is 0 Å². The van der Waals surface area contributed by atoms with Crippen molar-refractivity contribution in [2.75, 3.05) is 41.3 Å². The number of carbonyl (C=O) groups excluding carboxylic acids is 1. The summed E-state index contributed by atoms with van der Waals surface area (Å²) in [6, 6.07) is 18.7. The molecule has 0 atom stereocenters. The van der Waals surface area contributed by atoms with E-state index in [1.165, 1.54) is 11.4 Å². The molecule has 132 valence electrons. The maximum absolute atomic E-state index is 12.1. The van der Waals surface area contributed by atoms with E-state index >= 15 is 0 Å². The van der Waals surface area contributed by atoms with E-state index in [0.29, 0.717) is 0 Å². The van der Waals surface area contributed by atoms with E-state index < -0.39 is 0 Å². The zero-order valence-electron chi connectivity index (χ0n) is 15.3. The van der Waals surface area contributed by atoms with Crippen molar-refractivity contribution < 1.29 is 4.79 Å². The summed E-state index contributed by atoms with van der Waals surface area (Å²) in [5.41, 5.74) is 2.97. The highest BCUT2D eigenvalue weighted by atomic mass is 16.2. The Morgan fingerprint density at radius 2 is 1.28 bits per heavy atom. The highest BCUT2D eigenvalue weighted by Gasteiger charge is 2.21. The number of hydrogen-bond acceptors (Lipinski definition) is 3. The second-order valence-electron chi connectivity index (χ2n) is 7.56. The fraction of sp³-hybridized carbons (Fsp3) is 0.381. The molecule has 1 amide bonds. The van der Waals surface area contributed by atoms with E-state index in [-0.39, 0.29) is 11.3 Å². The Morgan fingerprint density at radius 3 is 1.76 bits per heavy atom. The Kier molecular flexibility index (Phi) is 4.98. The molecule has 0 aliphatic carbocycles. The van der Waals surface area contributed by atoms with Crippen molar-refractivity contribution in [2.45, 2.75) is 20.8 Å². The number of amides is 1. The maximum atomic E-state index is 12.1. The van der Waals surface area contributed by atoms with Crippen molar-refractivity contribution in [2.24, 2.45) is 5.41 Å². The van der Waals surface area contributed by atoms with Crippen LogP contribution in [0.25, 0.3) is 0 Å². The first-order valence-electron chi connectivity index (χ1n) is 8.90. The first-order valence-corrected chi connectivity index (χ1v) is 8.90. The molecule has 1 aliphatic rings. The van der Waals surface area contributed by atoms with Crippen LogP contribution in [0.1, 0.15) is 20.8 Å². The molecule has 1 saturated heterocycles. The molecule has 0 unspecified atom stereocenters. The van der Waals surface area contributed by atoms with Crippen molar-refractivity contribution >= 4 is 23.0 Å². The minimum atomic E-state index is -0.383.